The molecule has 0 saturated carbocycles. The lowest BCUT2D eigenvalue weighted by Crippen LogP contribution is -2.05. The predicted octanol–water partition coefficient (Wildman–Crippen LogP) is 10.1. The van der Waals surface area contributed by atoms with Crippen LogP contribution in [0.5, 0.6) is 0 Å². The van der Waals surface area contributed by atoms with Gasteiger partial charge in [-0.2, -0.15) is 26.3 Å². The molecular weight excluding hydrogens is 474 g/mol. The van der Waals surface area contributed by atoms with Gasteiger partial charge in [0, 0.05) is 0 Å². The summed E-state index contributed by atoms with van der Waals surface area (Å²) in [6, 6.07) is 23.4. The van der Waals surface area contributed by atoms with Crippen molar-refractivity contribution in [2.24, 2.45) is 0 Å². The molecule has 0 spiro atoms. The fourth-order valence-electron chi connectivity index (χ4n) is 4.30. The van der Waals surface area contributed by atoms with Crippen LogP contribution in [0.15, 0.2) is 91.0 Å². The van der Waals surface area contributed by atoms with Crippen LogP contribution in [0.2, 0.25) is 0 Å². The monoisotopic (exact) mass is 498 g/mol. The Bertz CT molecular complexity index is 1300. The molecule has 4 rings (SSSR count). The summed E-state index contributed by atoms with van der Waals surface area (Å²) < 4.78 is 79.2. The van der Waals surface area contributed by atoms with Crippen LogP contribution in [0.4, 0.5) is 26.3 Å². The Morgan fingerprint density at radius 2 is 1.08 bits per heavy atom. The molecule has 0 amide bonds. The highest BCUT2D eigenvalue weighted by atomic mass is 19.4. The Hall–Kier alpha value is -3.54. The second-order valence-electron chi connectivity index (χ2n) is 8.68. The number of rotatable bonds is 6. The molecule has 36 heavy (non-hydrogen) atoms. The molecule has 0 nitrogen and oxygen atoms in total. The maximum atomic E-state index is 13.2. The van der Waals surface area contributed by atoms with Crippen molar-refractivity contribution in [3.63, 3.8) is 0 Å². The third-order valence-corrected chi connectivity index (χ3v) is 6.15. The molecule has 4 aromatic rings. The van der Waals surface area contributed by atoms with Crippen LogP contribution < -0.4 is 0 Å². The summed E-state index contributed by atoms with van der Waals surface area (Å²) in [4.78, 5) is 0. The quantitative estimate of drug-likeness (QED) is 0.232. The van der Waals surface area contributed by atoms with E-state index in [9.17, 15) is 26.3 Å². The standard InChI is InChI=1S/C30H24F6/c1-2-3-7-23-18-24(20-8-5-4-6-9-20)19-27(21-10-14-25(15-11-21)29(31,32)33)28(23)22-12-16-26(17-13-22)30(34,35)36/h4-6,8-19H,2-3,7H2,1H3. The van der Waals surface area contributed by atoms with Gasteiger partial charge in [0.2, 0.25) is 0 Å². The van der Waals surface area contributed by atoms with E-state index >= 15 is 0 Å². The maximum absolute atomic E-state index is 13.2. The van der Waals surface area contributed by atoms with Gasteiger partial charge in [-0.15, -0.1) is 0 Å². The highest BCUT2D eigenvalue weighted by Gasteiger charge is 2.31. The molecule has 0 N–H and O–H groups in total. The summed E-state index contributed by atoms with van der Waals surface area (Å²) in [5.74, 6) is 0. The number of hydrogen-bond donors (Lipinski definition) is 0. The van der Waals surface area contributed by atoms with Crippen LogP contribution in [-0.4, -0.2) is 0 Å². The number of hydrogen-bond acceptors (Lipinski definition) is 0. The van der Waals surface area contributed by atoms with E-state index in [1.807, 2.05) is 42.5 Å². The van der Waals surface area contributed by atoms with Crippen molar-refractivity contribution in [1.29, 1.82) is 0 Å². The predicted molar refractivity (Wildman–Crippen MR) is 131 cm³/mol. The summed E-state index contributed by atoms with van der Waals surface area (Å²) in [6.45, 7) is 2.05. The van der Waals surface area contributed by atoms with Crippen molar-refractivity contribution in [1.82, 2.24) is 0 Å². The molecule has 4 aromatic carbocycles. The van der Waals surface area contributed by atoms with E-state index in [1.165, 1.54) is 24.3 Å². The zero-order valence-corrected chi connectivity index (χ0v) is 19.5. The minimum absolute atomic E-state index is 0.563. The number of halogens is 6. The van der Waals surface area contributed by atoms with Gasteiger partial charge in [0.1, 0.15) is 0 Å². The number of alkyl halides is 6. The lowest BCUT2D eigenvalue weighted by molar-refractivity contribution is -0.138. The third-order valence-electron chi connectivity index (χ3n) is 6.15. The van der Waals surface area contributed by atoms with Crippen LogP contribution in [-0.2, 0) is 18.8 Å². The molecule has 0 saturated heterocycles. The Morgan fingerprint density at radius 1 is 0.556 bits per heavy atom. The molecule has 0 aliphatic rings. The fourth-order valence-corrected chi connectivity index (χ4v) is 4.30. The van der Waals surface area contributed by atoms with Gasteiger partial charge in [-0.05, 0) is 82.1 Å². The molecular formula is C30H24F6. The first-order chi connectivity index (χ1) is 17.1. The lowest BCUT2D eigenvalue weighted by Gasteiger charge is -2.19. The minimum Gasteiger partial charge on any atom is -0.166 e. The van der Waals surface area contributed by atoms with Gasteiger partial charge in [-0.3, -0.25) is 0 Å². The van der Waals surface area contributed by atoms with Gasteiger partial charge in [0.05, 0.1) is 11.1 Å². The molecule has 186 valence electrons. The first kappa shape index (κ1) is 25.5. The number of aryl methyl sites for hydroxylation is 1. The van der Waals surface area contributed by atoms with Crippen LogP contribution in [0.25, 0.3) is 33.4 Å². The van der Waals surface area contributed by atoms with Gasteiger partial charge in [0.25, 0.3) is 0 Å². The van der Waals surface area contributed by atoms with Crippen molar-refractivity contribution in [3.8, 4) is 33.4 Å². The summed E-state index contributed by atoms with van der Waals surface area (Å²) in [5, 5.41) is 0. The highest BCUT2D eigenvalue weighted by molar-refractivity contribution is 5.89. The van der Waals surface area contributed by atoms with Gasteiger partial charge in [-0.25, -0.2) is 0 Å². The molecule has 0 bridgehead atoms. The van der Waals surface area contributed by atoms with E-state index in [0.717, 1.165) is 59.4 Å². The van der Waals surface area contributed by atoms with Crippen molar-refractivity contribution in [2.45, 2.75) is 38.5 Å². The maximum Gasteiger partial charge on any atom is 0.416 e. The van der Waals surface area contributed by atoms with Gasteiger partial charge < -0.3 is 0 Å². The van der Waals surface area contributed by atoms with E-state index < -0.39 is 23.5 Å². The summed E-state index contributed by atoms with van der Waals surface area (Å²) in [5.41, 5.74) is 3.83. The van der Waals surface area contributed by atoms with Crippen molar-refractivity contribution >= 4 is 0 Å². The average molecular weight is 499 g/mol. The molecule has 0 aromatic heterocycles. The zero-order valence-electron chi connectivity index (χ0n) is 19.5. The number of unbranched alkanes of at least 4 members (excludes halogenated alkanes) is 1. The van der Waals surface area contributed by atoms with Gasteiger partial charge in [0.15, 0.2) is 0 Å². The van der Waals surface area contributed by atoms with E-state index in [2.05, 4.69) is 6.92 Å². The molecule has 0 aliphatic heterocycles. The van der Waals surface area contributed by atoms with Crippen molar-refractivity contribution in [2.75, 3.05) is 0 Å². The molecule has 0 atom stereocenters. The van der Waals surface area contributed by atoms with Gasteiger partial charge in [-0.1, -0.05) is 74.0 Å². The fraction of sp³-hybridized carbons (Fsp3) is 0.200. The van der Waals surface area contributed by atoms with Crippen molar-refractivity contribution < 1.29 is 26.3 Å². The molecule has 0 aliphatic carbocycles. The molecule has 0 unspecified atom stereocenters. The smallest absolute Gasteiger partial charge is 0.166 e. The van der Waals surface area contributed by atoms with Crippen LogP contribution in [0.1, 0.15) is 36.5 Å². The Morgan fingerprint density at radius 3 is 1.58 bits per heavy atom. The SMILES string of the molecule is CCCCc1cc(-c2ccccc2)cc(-c2ccc(C(F)(F)F)cc2)c1-c1ccc(C(F)(F)F)cc1. The zero-order chi connectivity index (χ0) is 25.9. The average Bonchev–Trinajstić information content (AvgIpc) is 2.86. The largest absolute Gasteiger partial charge is 0.416 e. The summed E-state index contributed by atoms with van der Waals surface area (Å²) >= 11 is 0. The second-order valence-corrected chi connectivity index (χ2v) is 8.68. The Labute approximate surface area is 206 Å². The third kappa shape index (κ3) is 5.64. The minimum atomic E-state index is -4.47. The summed E-state index contributed by atoms with van der Waals surface area (Å²) in [7, 11) is 0. The van der Waals surface area contributed by atoms with E-state index in [0.29, 0.717) is 23.1 Å². The van der Waals surface area contributed by atoms with E-state index in [-0.39, 0.29) is 0 Å². The van der Waals surface area contributed by atoms with Crippen LogP contribution in [0, 0.1) is 0 Å². The lowest BCUT2D eigenvalue weighted by atomic mass is 9.85. The molecule has 6 heteroatoms. The number of benzene rings is 4. The Balaban J connectivity index is 1.96. The first-order valence-corrected chi connectivity index (χ1v) is 11.7. The first-order valence-electron chi connectivity index (χ1n) is 11.7. The van der Waals surface area contributed by atoms with Gasteiger partial charge >= 0.3 is 12.4 Å². The van der Waals surface area contributed by atoms with E-state index in [1.54, 1.807) is 0 Å². The second kappa shape index (κ2) is 10.2. The Kier molecular flexibility index (Phi) is 7.25. The molecule has 0 heterocycles. The van der Waals surface area contributed by atoms with Crippen LogP contribution in [0.3, 0.4) is 0 Å². The molecule has 0 fully saturated rings. The van der Waals surface area contributed by atoms with Crippen LogP contribution >= 0.6 is 0 Å². The summed E-state index contributed by atoms with van der Waals surface area (Å²) in [6.07, 6.45) is -6.47. The topological polar surface area (TPSA) is 0 Å². The van der Waals surface area contributed by atoms with E-state index in [4.69, 9.17) is 0 Å². The normalized spacial score (nSPS) is 12.1. The molecule has 0 radical (unpaired) electrons. The highest BCUT2D eigenvalue weighted by Crippen LogP contribution is 2.41. The van der Waals surface area contributed by atoms with Crippen molar-refractivity contribution in [3.05, 3.63) is 108 Å².